The van der Waals surface area contributed by atoms with Crippen molar-refractivity contribution in [2.45, 2.75) is 6.92 Å². The number of pyridine rings is 1. The van der Waals surface area contributed by atoms with E-state index < -0.39 is 11.8 Å². The third kappa shape index (κ3) is 2.73. The number of ether oxygens (including phenoxy) is 1. The van der Waals surface area contributed by atoms with Gasteiger partial charge in [0.1, 0.15) is 11.6 Å². The summed E-state index contributed by atoms with van der Waals surface area (Å²) in [6, 6.07) is 10.9. The van der Waals surface area contributed by atoms with Gasteiger partial charge in [0, 0.05) is 10.9 Å². The van der Waals surface area contributed by atoms with Gasteiger partial charge in [0.15, 0.2) is 0 Å². The molecule has 0 atom stereocenters. The molecule has 0 unspecified atom stereocenters. The average molecular weight is 311 g/mol. The molecule has 0 aliphatic carbocycles. The molecular weight excluding hydrogens is 297 g/mol. The van der Waals surface area contributed by atoms with Gasteiger partial charge in [-0.05, 0) is 55.0 Å². The van der Waals surface area contributed by atoms with Gasteiger partial charge in [0.05, 0.1) is 23.9 Å². The van der Waals surface area contributed by atoms with E-state index in [1.165, 1.54) is 24.3 Å². The van der Waals surface area contributed by atoms with Gasteiger partial charge >= 0.3 is 5.97 Å². The lowest BCUT2D eigenvalue weighted by molar-refractivity contribution is 0.0699. The van der Waals surface area contributed by atoms with E-state index in [2.05, 4.69) is 4.98 Å². The topological polar surface area (TPSA) is 59.4 Å². The highest BCUT2D eigenvalue weighted by Crippen LogP contribution is 2.29. The predicted molar refractivity (Wildman–Crippen MR) is 85.4 cm³/mol. The summed E-state index contributed by atoms with van der Waals surface area (Å²) in [7, 11) is 1.58. The number of benzene rings is 2. The molecule has 0 saturated carbocycles. The van der Waals surface area contributed by atoms with Crippen LogP contribution in [-0.2, 0) is 0 Å². The summed E-state index contributed by atoms with van der Waals surface area (Å²) in [6.45, 7) is 1.90. The maximum absolute atomic E-state index is 13.4. The SMILES string of the molecule is COc1ccc(-c2cc(C(=O)O)c3cc(F)ccc3n2)c(C)c1. The van der Waals surface area contributed by atoms with Crippen molar-refractivity contribution in [1.29, 1.82) is 0 Å². The largest absolute Gasteiger partial charge is 0.497 e. The summed E-state index contributed by atoms with van der Waals surface area (Å²) in [5.41, 5.74) is 2.71. The number of nitrogens with zero attached hydrogens (tertiary/aromatic N) is 1. The standard InChI is InChI=1S/C18H14FNO3/c1-10-7-12(23-2)4-5-13(10)17-9-15(18(21)22)14-8-11(19)3-6-16(14)20-17/h3-9H,1-2H3,(H,21,22). The second kappa shape index (κ2) is 5.68. The first kappa shape index (κ1) is 15.0. The Bertz CT molecular complexity index is 922. The van der Waals surface area contributed by atoms with Gasteiger partial charge in [-0.15, -0.1) is 0 Å². The third-order valence-electron chi connectivity index (χ3n) is 3.71. The van der Waals surface area contributed by atoms with Crippen molar-refractivity contribution >= 4 is 16.9 Å². The number of hydrogen-bond donors (Lipinski definition) is 1. The van der Waals surface area contributed by atoms with Crippen LogP contribution in [0, 0.1) is 12.7 Å². The van der Waals surface area contributed by atoms with Crippen molar-refractivity contribution in [3.8, 4) is 17.0 Å². The molecule has 0 radical (unpaired) electrons. The number of carboxylic acid groups (broad SMARTS) is 1. The molecule has 0 aliphatic heterocycles. The lowest BCUT2D eigenvalue weighted by Gasteiger charge is -2.10. The van der Waals surface area contributed by atoms with E-state index in [0.29, 0.717) is 17.0 Å². The molecular formula is C18H14FNO3. The van der Waals surface area contributed by atoms with Crippen LogP contribution in [0.3, 0.4) is 0 Å². The van der Waals surface area contributed by atoms with Crippen LogP contribution >= 0.6 is 0 Å². The van der Waals surface area contributed by atoms with E-state index in [0.717, 1.165) is 11.1 Å². The molecule has 2 aromatic carbocycles. The molecule has 0 amide bonds. The van der Waals surface area contributed by atoms with Crippen LogP contribution in [0.1, 0.15) is 15.9 Å². The van der Waals surface area contributed by atoms with E-state index in [-0.39, 0.29) is 10.9 Å². The highest BCUT2D eigenvalue weighted by molar-refractivity contribution is 6.03. The Labute approximate surface area is 132 Å². The second-order valence-electron chi connectivity index (χ2n) is 5.20. The minimum absolute atomic E-state index is 0.0275. The first-order valence-electron chi connectivity index (χ1n) is 6.98. The average Bonchev–Trinajstić information content (AvgIpc) is 2.53. The normalized spacial score (nSPS) is 10.7. The van der Waals surface area contributed by atoms with Crippen LogP contribution in [0.4, 0.5) is 4.39 Å². The number of aromatic carboxylic acids is 1. The van der Waals surface area contributed by atoms with Crippen molar-refractivity contribution in [1.82, 2.24) is 4.98 Å². The van der Waals surface area contributed by atoms with E-state index in [1.807, 2.05) is 19.1 Å². The van der Waals surface area contributed by atoms with E-state index >= 15 is 0 Å². The Morgan fingerprint density at radius 3 is 2.61 bits per heavy atom. The Hall–Kier alpha value is -2.95. The van der Waals surface area contributed by atoms with Gasteiger partial charge in [0.25, 0.3) is 0 Å². The molecule has 0 bridgehead atoms. The van der Waals surface area contributed by atoms with Gasteiger partial charge in [-0.2, -0.15) is 0 Å². The van der Waals surface area contributed by atoms with Crippen molar-refractivity contribution < 1.29 is 19.0 Å². The lowest BCUT2D eigenvalue weighted by Crippen LogP contribution is -2.01. The number of fused-ring (bicyclic) bond motifs is 1. The summed E-state index contributed by atoms with van der Waals surface area (Å²) >= 11 is 0. The van der Waals surface area contributed by atoms with Gasteiger partial charge in [-0.1, -0.05) is 0 Å². The molecule has 3 rings (SSSR count). The summed E-state index contributed by atoms with van der Waals surface area (Å²) in [6.07, 6.45) is 0. The molecule has 23 heavy (non-hydrogen) atoms. The number of methoxy groups -OCH3 is 1. The number of aromatic nitrogens is 1. The number of carbonyl (C=O) groups is 1. The molecule has 1 aromatic heterocycles. The van der Waals surface area contributed by atoms with Crippen molar-refractivity contribution in [2.75, 3.05) is 7.11 Å². The number of carboxylic acids is 1. The fraction of sp³-hybridized carbons (Fsp3) is 0.111. The summed E-state index contributed by atoms with van der Waals surface area (Å²) < 4.78 is 18.6. The monoisotopic (exact) mass is 311 g/mol. The molecule has 1 N–H and O–H groups in total. The summed E-state index contributed by atoms with van der Waals surface area (Å²) in [5, 5.41) is 9.71. The van der Waals surface area contributed by atoms with Crippen LogP contribution in [0.5, 0.6) is 5.75 Å². The molecule has 0 fully saturated rings. The zero-order valence-corrected chi connectivity index (χ0v) is 12.6. The quantitative estimate of drug-likeness (QED) is 0.792. The molecule has 4 nitrogen and oxygen atoms in total. The van der Waals surface area contributed by atoms with Crippen LogP contribution in [0.25, 0.3) is 22.2 Å². The van der Waals surface area contributed by atoms with E-state index in [1.54, 1.807) is 13.2 Å². The maximum atomic E-state index is 13.4. The summed E-state index contributed by atoms with van der Waals surface area (Å²) in [5.74, 6) is -0.891. The third-order valence-corrected chi connectivity index (χ3v) is 3.71. The van der Waals surface area contributed by atoms with Crippen LogP contribution in [0.15, 0.2) is 42.5 Å². The zero-order chi connectivity index (χ0) is 16.6. The Morgan fingerprint density at radius 1 is 1.17 bits per heavy atom. The smallest absolute Gasteiger partial charge is 0.336 e. The van der Waals surface area contributed by atoms with Crippen molar-refractivity contribution in [3.05, 3.63) is 59.4 Å². The summed E-state index contributed by atoms with van der Waals surface area (Å²) in [4.78, 5) is 16.0. The van der Waals surface area contributed by atoms with Crippen LogP contribution < -0.4 is 4.74 Å². The number of aryl methyl sites for hydroxylation is 1. The fourth-order valence-electron chi connectivity index (χ4n) is 2.56. The molecule has 116 valence electrons. The van der Waals surface area contributed by atoms with Crippen LogP contribution in [0.2, 0.25) is 0 Å². The van der Waals surface area contributed by atoms with Gasteiger partial charge in [-0.3, -0.25) is 0 Å². The highest BCUT2D eigenvalue weighted by atomic mass is 19.1. The zero-order valence-electron chi connectivity index (χ0n) is 12.6. The van der Waals surface area contributed by atoms with E-state index in [9.17, 15) is 14.3 Å². The fourth-order valence-corrected chi connectivity index (χ4v) is 2.56. The highest BCUT2D eigenvalue weighted by Gasteiger charge is 2.15. The molecule has 3 aromatic rings. The second-order valence-corrected chi connectivity index (χ2v) is 5.20. The lowest BCUT2D eigenvalue weighted by atomic mass is 10.0. The number of hydrogen-bond acceptors (Lipinski definition) is 3. The first-order valence-corrected chi connectivity index (χ1v) is 6.98. The Kier molecular flexibility index (Phi) is 3.70. The minimum atomic E-state index is -1.12. The Balaban J connectivity index is 2.27. The number of rotatable bonds is 3. The van der Waals surface area contributed by atoms with Crippen LogP contribution in [-0.4, -0.2) is 23.2 Å². The van der Waals surface area contributed by atoms with Crippen molar-refractivity contribution in [2.24, 2.45) is 0 Å². The van der Waals surface area contributed by atoms with E-state index in [4.69, 9.17) is 4.74 Å². The maximum Gasteiger partial charge on any atom is 0.336 e. The van der Waals surface area contributed by atoms with Gasteiger partial charge in [-0.25, -0.2) is 14.2 Å². The molecule has 0 saturated heterocycles. The number of halogens is 1. The first-order chi connectivity index (χ1) is 11.0. The minimum Gasteiger partial charge on any atom is -0.497 e. The van der Waals surface area contributed by atoms with Gasteiger partial charge < -0.3 is 9.84 Å². The van der Waals surface area contributed by atoms with Crippen molar-refractivity contribution in [3.63, 3.8) is 0 Å². The predicted octanol–water partition coefficient (Wildman–Crippen LogP) is 4.06. The molecule has 0 aliphatic rings. The molecule has 5 heteroatoms. The molecule has 0 spiro atoms. The Morgan fingerprint density at radius 2 is 1.96 bits per heavy atom. The van der Waals surface area contributed by atoms with Gasteiger partial charge in [0.2, 0.25) is 0 Å². The molecule has 1 heterocycles.